The summed E-state index contributed by atoms with van der Waals surface area (Å²) in [6.07, 6.45) is 0. The zero-order chi connectivity index (χ0) is 20.4. The highest BCUT2D eigenvalue weighted by Gasteiger charge is 2.21. The summed E-state index contributed by atoms with van der Waals surface area (Å²) in [6, 6.07) is 8.29. The van der Waals surface area contributed by atoms with Gasteiger partial charge in [0.1, 0.15) is 10.6 Å². The highest BCUT2D eigenvalue weighted by molar-refractivity contribution is 7.89. The lowest BCUT2D eigenvalue weighted by Crippen LogP contribution is -2.28. The lowest BCUT2D eigenvalue weighted by molar-refractivity contribution is 0.0939. The molecule has 1 atom stereocenters. The summed E-state index contributed by atoms with van der Waals surface area (Å²) >= 11 is 0. The van der Waals surface area contributed by atoms with E-state index in [0.717, 1.165) is 16.7 Å². The van der Waals surface area contributed by atoms with Crippen LogP contribution in [0.5, 0.6) is 5.75 Å². The number of methoxy groups -OCH3 is 1. The Hall–Kier alpha value is -2.38. The van der Waals surface area contributed by atoms with Gasteiger partial charge in [0.25, 0.3) is 5.91 Å². The molecule has 0 radical (unpaired) electrons. The topological polar surface area (TPSA) is 84.5 Å². The van der Waals surface area contributed by atoms with Crippen LogP contribution in [0.4, 0.5) is 0 Å². The molecule has 0 saturated heterocycles. The first-order valence-electron chi connectivity index (χ1n) is 8.61. The van der Waals surface area contributed by atoms with Crippen molar-refractivity contribution in [1.82, 2.24) is 10.0 Å². The van der Waals surface area contributed by atoms with Gasteiger partial charge in [-0.15, -0.1) is 0 Å². The molecule has 0 saturated carbocycles. The van der Waals surface area contributed by atoms with Crippen molar-refractivity contribution in [3.05, 3.63) is 58.1 Å². The zero-order valence-corrected chi connectivity index (χ0v) is 17.3. The largest absolute Gasteiger partial charge is 0.495 e. The third kappa shape index (κ3) is 4.48. The van der Waals surface area contributed by atoms with Gasteiger partial charge >= 0.3 is 0 Å². The number of hydrogen-bond donors (Lipinski definition) is 2. The van der Waals surface area contributed by atoms with Gasteiger partial charge < -0.3 is 10.1 Å². The summed E-state index contributed by atoms with van der Waals surface area (Å²) in [7, 11) is -1.05. The van der Waals surface area contributed by atoms with Crippen LogP contribution in [0.3, 0.4) is 0 Å². The maximum Gasteiger partial charge on any atom is 0.251 e. The van der Waals surface area contributed by atoms with Crippen LogP contribution in [0.25, 0.3) is 0 Å². The summed E-state index contributed by atoms with van der Waals surface area (Å²) < 4.78 is 31.7. The van der Waals surface area contributed by atoms with Crippen LogP contribution in [0, 0.1) is 20.8 Å². The molecule has 0 bridgehead atoms. The van der Waals surface area contributed by atoms with Gasteiger partial charge in [0, 0.05) is 5.56 Å². The average molecular weight is 391 g/mol. The Morgan fingerprint density at radius 1 is 1.04 bits per heavy atom. The summed E-state index contributed by atoms with van der Waals surface area (Å²) in [5, 5.41) is 2.94. The zero-order valence-electron chi connectivity index (χ0n) is 16.5. The van der Waals surface area contributed by atoms with Crippen LogP contribution in [-0.4, -0.2) is 28.5 Å². The van der Waals surface area contributed by atoms with E-state index in [1.54, 1.807) is 6.07 Å². The van der Waals surface area contributed by atoms with Gasteiger partial charge in [-0.25, -0.2) is 13.1 Å². The molecule has 0 heterocycles. The van der Waals surface area contributed by atoms with Crippen LogP contribution >= 0.6 is 0 Å². The van der Waals surface area contributed by atoms with E-state index in [1.165, 1.54) is 31.9 Å². The number of rotatable bonds is 6. The molecule has 146 valence electrons. The first-order valence-corrected chi connectivity index (χ1v) is 10.1. The average Bonchev–Trinajstić information content (AvgIpc) is 2.63. The van der Waals surface area contributed by atoms with Crippen molar-refractivity contribution >= 4 is 15.9 Å². The first-order chi connectivity index (χ1) is 12.6. The Morgan fingerprint density at radius 2 is 1.67 bits per heavy atom. The Balaban J connectivity index is 2.33. The smallest absolute Gasteiger partial charge is 0.251 e. The second-order valence-electron chi connectivity index (χ2n) is 6.56. The second-order valence-corrected chi connectivity index (χ2v) is 8.42. The lowest BCUT2D eigenvalue weighted by Gasteiger charge is -2.19. The third-order valence-electron chi connectivity index (χ3n) is 4.68. The molecule has 0 aliphatic carbocycles. The highest BCUT2D eigenvalue weighted by Crippen LogP contribution is 2.26. The van der Waals surface area contributed by atoms with Gasteiger partial charge in [0.05, 0.1) is 13.2 Å². The summed E-state index contributed by atoms with van der Waals surface area (Å²) in [6.45, 7) is 8.00. The van der Waals surface area contributed by atoms with Gasteiger partial charge in [-0.2, -0.15) is 0 Å². The Bertz CT molecular complexity index is 968. The fourth-order valence-corrected chi connectivity index (χ4v) is 3.86. The molecule has 0 aliphatic rings. The number of nitrogens with one attached hydrogen (secondary N) is 2. The van der Waals surface area contributed by atoms with Crippen molar-refractivity contribution in [3.8, 4) is 5.75 Å². The van der Waals surface area contributed by atoms with Crippen LogP contribution in [0.15, 0.2) is 35.2 Å². The van der Waals surface area contributed by atoms with Gasteiger partial charge in [-0.1, -0.05) is 12.1 Å². The molecule has 2 aromatic rings. The molecular formula is C20H26N2O4S. The number of carbonyl (C=O) groups is 1. The van der Waals surface area contributed by atoms with E-state index in [-0.39, 0.29) is 28.2 Å². The number of amides is 1. The normalized spacial score (nSPS) is 12.5. The molecule has 0 spiro atoms. The molecule has 1 amide bonds. The summed E-state index contributed by atoms with van der Waals surface area (Å²) in [4.78, 5) is 12.6. The van der Waals surface area contributed by atoms with Gasteiger partial charge in [-0.3, -0.25) is 4.79 Å². The van der Waals surface area contributed by atoms with Crippen molar-refractivity contribution in [2.75, 3.05) is 14.2 Å². The first kappa shape index (κ1) is 20.9. The minimum absolute atomic E-state index is 0.0739. The van der Waals surface area contributed by atoms with Gasteiger partial charge in [-0.05, 0) is 75.2 Å². The number of aryl methyl sites for hydroxylation is 3. The van der Waals surface area contributed by atoms with E-state index in [1.807, 2.05) is 20.8 Å². The maximum atomic E-state index is 12.7. The SMILES string of the molecule is CNS(=O)(=O)c1cc(C(=O)NC(C)c2cc(C)c(C)cc2C)ccc1OC. The van der Waals surface area contributed by atoms with Crippen molar-refractivity contribution in [3.63, 3.8) is 0 Å². The predicted molar refractivity (Wildman–Crippen MR) is 106 cm³/mol. The Labute approximate surface area is 161 Å². The molecule has 27 heavy (non-hydrogen) atoms. The molecule has 2 rings (SSSR count). The number of ether oxygens (including phenoxy) is 1. The van der Waals surface area contributed by atoms with E-state index >= 15 is 0 Å². The van der Waals surface area contributed by atoms with Gasteiger partial charge in [0.2, 0.25) is 10.0 Å². The molecule has 0 aliphatic heterocycles. The number of hydrogen-bond acceptors (Lipinski definition) is 4. The van der Waals surface area contributed by atoms with Crippen LogP contribution in [0.1, 0.15) is 45.6 Å². The van der Waals surface area contributed by atoms with Crippen LogP contribution < -0.4 is 14.8 Å². The molecular weight excluding hydrogens is 364 g/mol. The summed E-state index contributed by atoms with van der Waals surface area (Å²) in [5.41, 5.74) is 4.73. The lowest BCUT2D eigenvalue weighted by atomic mass is 9.96. The van der Waals surface area contributed by atoms with Gasteiger partial charge in [0.15, 0.2) is 0 Å². The third-order valence-corrected chi connectivity index (χ3v) is 6.12. The van der Waals surface area contributed by atoms with E-state index < -0.39 is 10.0 Å². The molecule has 0 aromatic heterocycles. The van der Waals surface area contributed by atoms with Crippen LogP contribution in [-0.2, 0) is 10.0 Å². The van der Waals surface area contributed by atoms with Crippen molar-refractivity contribution in [1.29, 1.82) is 0 Å². The minimum Gasteiger partial charge on any atom is -0.495 e. The van der Waals surface area contributed by atoms with E-state index in [2.05, 4.69) is 29.1 Å². The number of sulfonamides is 1. The fraction of sp³-hybridized carbons (Fsp3) is 0.350. The number of carbonyl (C=O) groups excluding carboxylic acids is 1. The monoisotopic (exact) mass is 390 g/mol. The Morgan fingerprint density at radius 3 is 2.26 bits per heavy atom. The standard InChI is InChI=1S/C20H26N2O4S/c1-12-9-14(3)17(10-13(12)2)15(4)22-20(23)16-7-8-18(26-6)19(11-16)27(24,25)21-5/h7-11,15,21H,1-6H3,(H,22,23). The maximum absolute atomic E-state index is 12.7. The molecule has 7 heteroatoms. The van der Waals surface area contributed by atoms with Crippen molar-refractivity contribution in [2.45, 2.75) is 38.6 Å². The minimum atomic E-state index is -3.75. The molecule has 6 nitrogen and oxygen atoms in total. The number of benzene rings is 2. The predicted octanol–water partition coefficient (Wildman–Crippen LogP) is 3.02. The summed E-state index contributed by atoms with van der Waals surface area (Å²) in [5.74, 6) is -0.172. The fourth-order valence-electron chi connectivity index (χ4n) is 2.94. The van der Waals surface area contributed by atoms with E-state index in [4.69, 9.17) is 4.74 Å². The molecule has 1 unspecified atom stereocenters. The molecule has 0 fully saturated rings. The molecule has 2 N–H and O–H groups in total. The van der Waals surface area contributed by atoms with Crippen LogP contribution in [0.2, 0.25) is 0 Å². The van der Waals surface area contributed by atoms with Crippen molar-refractivity contribution in [2.24, 2.45) is 0 Å². The quantitative estimate of drug-likeness (QED) is 0.794. The highest BCUT2D eigenvalue weighted by atomic mass is 32.2. The Kier molecular flexibility index (Phi) is 6.28. The van der Waals surface area contributed by atoms with E-state index in [9.17, 15) is 13.2 Å². The van der Waals surface area contributed by atoms with Crippen molar-refractivity contribution < 1.29 is 17.9 Å². The molecule has 2 aromatic carbocycles. The second kappa shape index (κ2) is 8.10. The van der Waals surface area contributed by atoms with E-state index in [0.29, 0.717) is 0 Å².